The smallest absolute Gasteiger partial charge is 0 e. The van der Waals surface area contributed by atoms with Crippen molar-refractivity contribution in [2.75, 3.05) is 0 Å². The van der Waals surface area contributed by atoms with Crippen LogP contribution in [0.4, 0.5) is 0 Å². The molecule has 0 fully saturated rings. The van der Waals surface area contributed by atoms with Gasteiger partial charge in [0, 0.05) is 26.2 Å². The van der Waals surface area contributed by atoms with Gasteiger partial charge in [-0.3, -0.25) is 0 Å². The van der Waals surface area contributed by atoms with Crippen LogP contribution in [0.2, 0.25) is 0 Å². The van der Waals surface area contributed by atoms with E-state index in [0.29, 0.717) is 0 Å². The molecule has 0 heterocycles. The van der Waals surface area contributed by atoms with Crippen LogP contribution in [0.1, 0.15) is 0 Å². The van der Waals surface area contributed by atoms with Gasteiger partial charge in [0.25, 0.3) is 0 Å². The van der Waals surface area contributed by atoms with Crippen LogP contribution in [0, 0.1) is 0 Å². The second-order valence-electron chi connectivity index (χ2n) is 0. The van der Waals surface area contributed by atoms with Crippen LogP contribution in [-0.2, 0) is 46.2 Å². The fraction of sp³-hybridized carbons (Fsp3) is 0. The van der Waals surface area contributed by atoms with E-state index < -0.39 is 0 Å². The molecule has 4 heavy (non-hydrogen) atoms. The summed E-state index contributed by atoms with van der Waals surface area (Å²) in [6.45, 7) is 0. The molecule has 0 aliphatic carbocycles. The van der Waals surface area contributed by atoms with E-state index in [1.807, 2.05) is 0 Å². The summed E-state index contributed by atoms with van der Waals surface area (Å²) in [7, 11) is 0. The SMILES string of the molecule is [AlH3].[O]=[Cr].[Zr]. The predicted molar refractivity (Wildman–Crippen MR) is 10.6 cm³/mol. The molecule has 0 amide bonds. The second kappa shape index (κ2) is 21.8. The van der Waals surface area contributed by atoms with E-state index in [4.69, 9.17) is 3.80 Å². The Morgan fingerprint density at radius 1 is 1.25 bits per heavy atom. The zero-order valence-corrected chi connectivity index (χ0v) is 5.05. The second-order valence-corrected chi connectivity index (χ2v) is 0. The molecule has 22 valence electrons. The summed E-state index contributed by atoms with van der Waals surface area (Å²) < 4.78 is 8.12. The van der Waals surface area contributed by atoms with Crippen LogP contribution in [0.15, 0.2) is 0 Å². The number of hydrogen-bond donors (Lipinski definition) is 0. The van der Waals surface area contributed by atoms with Gasteiger partial charge < -0.3 is 0 Å². The monoisotopic (exact) mass is 188 g/mol. The van der Waals surface area contributed by atoms with E-state index >= 15 is 0 Å². The minimum atomic E-state index is 0. The standard InChI is InChI=1S/Al.Cr.O.Zr.3H. The largest absolute Gasteiger partial charge is 0 e. The van der Waals surface area contributed by atoms with Crippen LogP contribution < -0.4 is 0 Å². The zero-order valence-electron chi connectivity index (χ0n) is 1.32. The molecule has 0 aliphatic rings. The third-order valence-electron chi connectivity index (χ3n) is 0. The van der Waals surface area contributed by atoms with Crippen molar-refractivity contribution in [2.45, 2.75) is 0 Å². The van der Waals surface area contributed by atoms with Gasteiger partial charge in [-0.15, -0.1) is 0 Å². The van der Waals surface area contributed by atoms with Gasteiger partial charge in [-0.05, 0) is 0 Å². The van der Waals surface area contributed by atoms with Crippen molar-refractivity contribution < 1.29 is 46.2 Å². The summed E-state index contributed by atoms with van der Waals surface area (Å²) in [6, 6.07) is 0. The van der Waals surface area contributed by atoms with Crippen molar-refractivity contribution in [1.29, 1.82) is 0 Å². The molecule has 0 rings (SSSR count). The Bertz CT molecular complexity index is 8.00. The molecule has 0 saturated heterocycles. The van der Waals surface area contributed by atoms with Gasteiger partial charge in [0.2, 0.25) is 0 Å². The summed E-state index contributed by atoms with van der Waals surface area (Å²) in [5.74, 6) is 0. The molecule has 0 saturated carbocycles. The Kier molecular flexibility index (Phi) is 93.6. The van der Waals surface area contributed by atoms with Gasteiger partial charge in [0.15, 0.2) is 17.4 Å². The van der Waals surface area contributed by atoms with E-state index in [1.54, 1.807) is 0 Å². The van der Waals surface area contributed by atoms with Gasteiger partial charge in [0.05, 0.1) is 0 Å². The molecule has 1 nitrogen and oxygen atoms in total. The molecule has 0 radical (unpaired) electrons. The number of hydrogen-bond acceptors (Lipinski definition) is 1. The van der Waals surface area contributed by atoms with Crippen LogP contribution in [0.5, 0.6) is 0 Å². The fourth-order valence-corrected chi connectivity index (χ4v) is 0. The quantitative estimate of drug-likeness (QED) is 0.433. The van der Waals surface area contributed by atoms with Crippen molar-refractivity contribution in [2.24, 2.45) is 0 Å². The first-order valence-corrected chi connectivity index (χ1v) is 0.687. The van der Waals surface area contributed by atoms with Gasteiger partial charge >= 0.3 is 20.0 Å². The Labute approximate surface area is 63.0 Å². The van der Waals surface area contributed by atoms with E-state index in [1.165, 1.54) is 16.2 Å². The average Bonchev–Trinajstić information content (AvgIpc) is 1.00. The molecule has 0 aromatic carbocycles. The Hall–Kier alpha value is 1.75. The summed E-state index contributed by atoms with van der Waals surface area (Å²) in [4.78, 5) is 0. The molecule has 0 unspecified atom stereocenters. The molecular weight excluding hydrogens is 186 g/mol. The predicted octanol–water partition coefficient (Wildman–Crippen LogP) is -1.31. The first kappa shape index (κ1) is 17.2. The summed E-state index contributed by atoms with van der Waals surface area (Å²) >= 11 is 1.38. The Morgan fingerprint density at radius 3 is 1.25 bits per heavy atom. The molecular formula is H3AlCrOZr. The Balaban J connectivity index is -0.00000000500. The molecule has 4 heteroatoms. The van der Waals surface area contributed by atoms with Crippen LogP contribution in [0.3, 0.4) is 0 Å². The van der Waals surface area contributed by atoms with Crippen molar-refractivity contribution in [3.05, 3.63) is 0 Å². The first-order valence-electron chi connectivity index (χ1n) is 0.167. The molecule has 0 atom stereocenters. The first-order chi connectivity index (χ1) is 1.00. The van der Waals surface area contributed by atoms with Crippen molar-refractivity contribution in [3.8, 4) is 0 Å². The summed E-state index contributed by atoms with van der Waals surface area (Å²) in [5, 5.41) is 0. The van der Waals surface area contributed by atoms with Gasteiger partial charge in [-0.25, -0.2) is 0 Å². The zero-order chi connectivity index (χ0) is 2.00. The average molecular weight is 189 g/mol. The van der Waals surface area contributed by atoms with Crippen molar-refractivity contribution >= 4 is 17.4 Å². The fourth-order valence-electron chi connectivity index (χ4n) is 0. The van der Waals surface area contributed by atoms with Gasteiger partial charge in [-0.1, -0.05) is 0 Å². The summed E-state index contributed by atoms with van der Waals surface area (Å²) in [5.41, 5.74) is 0. The minimum absolute atomic E-state index is 0. The topological polar surface area (TPSA) is 17.1 Å². The van der Waals surface area contributed by atoms with E-state index in [9.17, 15) is 0 Å². The van der Waals surface area contributed by atoms with Crippen molar-refractivity contribution in [3.63, 3.8) is 0 Å². The van der Waals surface area contributed by atoms with E-state index in [-0.39, 0.29) is 43.6 Å². The van der Waals surface area contributed by atoms with Crippen molar-refractivity contribution in [1.82, 2.24) is 0 Å². The maximum atomic E-state index is 8.12. The third kappa shape index (κ3) is 9.26. The molecule has 0 aliphatic heterocycles. The molecule has 0 aromatic rings. The minimum Gasteiger partial charge on any atom is 0 e. The van der Waals surface area contributed by atoms with Crippen LogP contribution >= 0.6 is 0 Å². The summed E-state index contributed by atoms with van der Waals surface area (Å²) in [6.07, 6.45) is 0. The Morgan fingerprint density at radius 2 is 1.25 bits per heavy atom. The number of rotatable bonds is 0. The molecule has 0 bridgehead atoms. The van der Waals surface area contributed by atoms with E-state index in [0.717, 1.165) is 0 Å². The maximum Gasteiger partial charge on any atom is 0 e. The van der Waals surface area contributed by atoms with Crippen LogP contribution in [-0.4, -0.2) is 17.4 Å². The van der Waals surface area contributed by atoms with Gasteiger partial charge in [0.1, 0.15) is 0 Å². The van der Waals surface area contributed by atoms with Crippen LogP contribution in [0.25, 0.3) is 0 Å². The maximum absolute atomic E-state index is 8.12. The molecule has 0 spiro atoms. The normalized spacial score (nSPS) is 1.00. The molecule has 0 aromatic heterocycles. The molecule has 0 N–H and O–H groups in total. The van der Waals surface area contributed by atoms with Gasteiger partial charge in [-0.2, -0.15) is 0 Å². The van der Waals surface area contributed by atoms with E-state index in [2.05, 4.69) is 0 Å². The third-order valence-corrected chi connectivity index (χ3v) is 0.